The Morgan fingerprint density at radius 3 is 2.64 bits per heavy atom. The van der Waals surface area contributed by atoms with Gasteiger partial charge in [0.05, 0.1) is 11.4 Å². The summed E-state index contributed by atoms with van der Waals surface area (Å²) in [5, 5.41) is 10.7. The van der Waals surface area contributed by atoms with Crippen LogP contribution in [-0.4, -0.2) is 26.9 Å². The summed E-state index contributed by atoms with van der Waals surface area (Å²) in [6.07, 6.45) is 0.609. The first kappa shape index (κ1) is 21.0. The van der Waals surface area contributed by atoms with E-state index in [4.69, 9.17) is 5.14 Å². The quantitative estimate of drug-likeness (QED) is 0.776. The minimum Gasteiger partial charge on any atom is -0.308 e. The first-order valence-electron chi connectivity index (χ1n) is 9.23. The van der Waals surface area contributed by atoms with Gasteiger partial charge in [0.25, 0.3) is 0 Å². The van der Waals surface area contributed by atoms with Crippen LogP contribution < -0.4 is 15.4 Å². The van der Waals surface area contributed by atoms with Crippen molar-refractivity contribution in [3.63, 3.8) is 0 Å². The highest BCUT2D eigenvalue weighted by Crippen LogP contribution is 2.36. The molecule has 2 heterocycles. The summed E-state index contributed by atoms with van der Waals surface area (Å²) in [4.78, 5) is 16.1. The fraction of sp³-hybridized carbons (Fsp3) is 0.450. The van der Waals surface area contributed by atoms with Crippen molar-refractivity contribution in [1.82, 2.24) is 5.32 Å². The Morgan fingerprint density at radius 2 is 2.07 bits per heavy atom. The zero-order valence-electron chi connectivity index (χ0n) is 16.6. The molecule has 0 saturated heterocycles. The Kier molecular flexibility index (Phi) is 5.69. The molecule has 0 fully saturated rings. The first-order chi connectivity index (χ1) is 13.0. The molecular formula is C20H27N3O3S2. The highest BCUT2D eigenvalue weighted by molar-refractivity contribution is 7.89. The molecule has 1 aromatic carbocycles. The molecular weight excluding hydrogens is 394 g/mol. The summed E-state index contributed by atoms with van der Waals surface area (Å²) in [6.45, 7) is 8.63. The molecule has 8 heteroatoms. The number of fused-ring (bicyclic) bond motifs is 1. The molecule has 6 nitrogen and oxygen atoms in total. The lowest BCUT2D eigenvalue weighted by Crippen LogP contribution is -2.44. The molecule has 1 aliphatic heterocycles. The number of nitrogens with two attached hydrogens (primary N) is 1. The molecule has 2 atom stereocenters. The second kappa shape index (κ2) is 7.59. The lowest BCUT2D eigenvalue weighted by atomic mass is 9.86. The van der Waals surface area contributed by atoms with Gasteiger partial charge in [0.15, 0.2) is 0 Å². The van der Waals surface area contributed by atoms with E-state index in [9.17, 15) is 13.2 Å². The van der Waals surface area contributed by atoms with Gasteiger partial charge in [-0.15, -0.1) is 11.3 Å². The summed E-state index contributed by atoms with van der Waals surface area (Å²) in [5.74, 6) is -0.0274. The Hall–Kier alpha value is -1.74. The SMILES string of the molecule is CC1Cc2cc(S(N)(=O)=O)ccc2N1C(=O)CNC(c1cccs1)C(C)(C)C. The molecule has 0 aliphatic carbocycles. The van der Waals surface area contributed by atoms with Gasteiger partial charge in [0.1, 0.15) is 0 Å². The van der Waals surface area contributed by atoms with E-state index in [-0.39, 0.29) is 34.8 Å². The molecule has 0 bridgehead atoms. The number of hydrogen-bond donors (Lipinski definition) is 2. The van der Waals surface area contributed by atoms with Crippen LogP contribution in [-0.2, 0) is 21.2 Å². The number of sulfonamides is 1. The third-order valence-corrected chi connectivity index (χ3v) is 6.86. The molecule has 1 amide bonds. The van der Waals surface area contributed by atoms with Crippen molar-refractivity contribution in [2.75, 3.05) is 11.4 Å². The van der Waals surface area contributed by atoms with Gasteiger partial charge >= 0.3 is 0 Å². The van der Waals surface area contributed by atoms with Gasteiger partial charge in [-0.25, -0.2) is 13.6 Å². The summed E-state index contributed by atoms with van der Waals surface area (Å²) >= 11 is 1.68. The van der Waals surface area contributed by atoms with Crippen molar-refractivity contribution in [3.8, 4) is 0 Å². The topological polar surface area (TPSA) is 92.5 Å². The summed E-state index contributed by atoms with van der Waals surface area (Å²) in [5.41, 5.74) is 1.55. The average molecular weight is 422 g/mol. The zero-order chi connectivity index (χ0) is 20.7. The summed E-state index contributed by atoms with van der Waals surface area (Å²) < 4.78 is 23.2. The van der Waals surface area contributed by atoms with E-state index in [0.29, 0.717) is 6.42 Å². The van der Waals surface area contributed by atoms with Gasteiger partial charge in [0.2, 0.25) is 15.9 Å². The van der Waals surface area contributed by atoms with Crippen LogP contribution in [0.1, 0.15) is 44.2 Å². The van der Waals surface area contributed by atoms with Crippen LogP contribution in [0, 0.1) is 5.41 Å². The number of carbonyl (C=O) groups is 1. The highest BCUT2D eigenvalue weighted by Gasteiger charge is 2.33. The maximum Gasteiger partial charge on any atom is 0.241 e. The number of nitrogens with one attached hydrogen (secondary N) is 1. The van der Waals surface area contributed by atoms with Crippen LogP contribution in [0.3, 0.4) is 0 Å². The van der Waals surface area contributed by atoms with Crippen molar-refractivity contribution in [1.29, 1.82) is 0 Å². The number of rotatable bonds is 5. The second-order valence-electron chi connectivity index (χ2n) is 8.35. The monoisotopic (exact) mass is 421 g/mol. The van der Waals surface area contributed by atoms with Crippen molar-refractivity contribution < 1.29 is 13.2 Å². The van der Waals surface area contributed by atoms with E-state index in [0.717, 1.165) is 11.3 Å². The van der Waals surface area contributed by atoms with Crippen LogP contribution in [0.2, 0.25) is 0 Å². The molecule has 1 aromatic heterocycles. The van der Waals surface area contributed by atoms with Gasteiger partial charge in [-0.05, 0) is 54.0 Å². The van der Waals surface area contributed by atoms with Gasteiger partial charge < -0.3 is 10.2 Å². The van der Waals surface area contributed by atoms with E-state index in [1.165, 1.54) is 10.9 Å². The molecule has 2 unspecified atom stereocenters. The molecule has 28 heavy (non-hydrogen) atoms. The largest absolute Gasteiger partial charge is 0.308 e. The third-order valence-electron chi connectivity index (χ3n) is 5.01. The second-order valence-corrected chi connectivity index (χ2v) is 10.9. The standard InChI is InChI=1S/C20H27N3O3S2/c1-13-10-14-11-15(28(21,25)26)7-8-16(14)23(13)18(24)12-22-19(20(2,3)4)17-6-5-9-27-17/h5-9,11,13,19,22H,10,12H2,1-4H3,(H2,21,25,26). The average Bonchev–Trinajstić information content (AvgIpc) is 3.18. The van der Waals surface area contributed by atoms with Gasteiger partial charge in [-0.3, -0.25) is 4.79 Å². The van der Waals surface area contributed by atoms with Crippen molar-refractivity contribution >= 4 is 33.0 Å². The maximum atomic E-state index is 13.0. The lowest BCUT2D eigenvalue weighted by Gasteiger charge is -2.32. The van der Waals surface area contributed by atoms with E-state index >= 15 is 0 Å². The number of primary sulfonamides is 1. The number of amides is 1. The zero-order valence-corrected chi connectivity index (χ0v) is 18.2. The van der Waals surface area contributed by atoms with E-state index in [2.05, 4.69) is 32.2 Å². The smallest absolute Gasteiger partial charge is 0.241 e. The molecule has 3 rings (SSSR count). The number of thiophene rings is 1. The summed E-state index contributed by atoms with van der Waals surface area (Å²) in [7, 11) is -3.76. The van der Waals surface area contributed by atoms with Crippen molar-refractivity contribution in [3.05, 3.63) is 46.2 Å². The van der Waals surface area contributed by atoms with Crippen LogP contribution in [0.25, 0.3) is 0 Å². The van der Waals surface area contributed by atoms with E-state index < -0.39 is 10.0 Å². The number of nitrogens with zero attached hydrogens (tertiary/aromatic N) is 1. The van der Waals surface area contributed by atoms with Crippen LogP contribution >= 0.6 is 11.3 Å². The Balaban J connectivity index is 1.78. The predicted octanol–water partition coefficient (Wildman–Crippen LogP) is 3.05. The fourth-order valence-electron chi connectivity index (χ4n) is 3.73. The molecule has 1 aliphatic rings. The highest BCUT2D eigenvalue weighted by atomic mass is 32.2. The van der Waals surface area contributed by atoms with E-state index in [1.807, 2.05) is 18.4 Å². The molecule has 3 N–H and O–H groups in total. The maximum absolute atomic E-state index is 13.0. The normalized spacial score (nSPS) is 18.2. The van der Waals surface area contributed by atoms with E-state index in [1.54, 1.807) is 28.4 Å². The Morgan fingerprint density at radius 1 is 1.36 bits per heavy atom. The number of benzene rings is 1. The van der Waals surface area contributed by atoms with Gasteiger partial charge in [-0.2, -0.15) is 0 Å². The molecule has 0 radical (unpaired) electrons. The lowest BCUT2D eigenvalue weighted by molar-refractivity contribution is -0.118. The number of anilines is 1. The summed E-state index contributed by atoms with van der Waals surface area (Å²) in [6, 6.07) is 8.85. The first-order valence-corrected chi connectivity index (χ1v) is 11.7. The third kappa shape index (κ3) is 4.30. The number of hydrogen-bond acceptors (Lipinski definition) is 5. The molecule has 0 saturated carbocycles. The fourth-order valence-corrected chi connectivity index (χ4v) is 5.34. The van der Waals surface area contributed by atoms with Crippen molar-refractivity contribution in [2.24, 2.45) is 10.6 Å². The minimum atomic E-state index is -3.76. The Labute approximate surface area is 170 Å². The molecule has 0 spiro atoms. The van der Waals surface area contributed by atoms with Crippen LogP contribution in [0.4, 0.5) is 5.69 Å². The predicted molar refractivity (Wildman–Crippen MR) is 113 cm³/mol. The molecule has 2 aromatic rings. The molecule has 152 valence electrons. The van der Waals surface area contributed by atoms with Crippen LogP contribution in [0.15, 0.2) is 40.6 Å². The minimum absolute atomic E-state index is 0.0274. The van der Waals surface area contributed by atoms with Crippen LogP contribution in [0.5, 0.6) is 0 Å². The number of carbonyl (C=O) groups excluding carboxylic acids is 1. The van der Waals surface area contributed by atoms with Gasteiger partial charge in [0, 0.05) is 22.6 Å². The van der Waals surface area contributed by atoms with Gasteiger partial charge in [-0.1, -0.05) is 26.8 Å². The van der Waals surface area contributed by atoms with Crippen molar-refractivity contribution in [2.45, 2.75) is 51.1 Å². The Bertz CT molecular complexity index is 963.